The average Bonchev–Trinajstić information content (AvgIpc) is 2.01. The molecule has 1 aromatic carbocycles. The summed E-state index contributed by atoms with van der Waals surface area (Å²) in [4.78, 5) is 10.2. The predicted octanol–water partition coefficient (Wildman–Crippen LogP) is 1.61. The number of phenols is 1. The van der Waals surface area contributed by atoms with Crippen LogP contribution < -0.4 is 0 Å². The second-order valence-electron chi connectivity index (χ2n) is 2.23. The van der Waals surface area contributed by atoms with Crippen molar-refractivity contribution < 1.29 is 9.90 Å². The standard InChI is InChI=1S/C8H6ClNO2/c9-6-1-5(8(10)4-11)2-7(12)3-6/h1-4,10,12H. The number of carbonyl (C=O) groups excluding carboxylic acids is 1. The predicted molar refractivity (Wildman–Crippen MR) is 46.0 cm³/mol. The quantitative estimate of drug-likeness (QED) is 0.541. The molecule has 0 aliphatic heterocycles. The van der Waals surface area contributed by atoms with Crippen molar-refractivity contribution in [2.45, 2.75) is 0 Å². The van der Waals surface area contributed by atoms with Crippen molar-refractivity contribution in [3.8, 4) is 5.75 Å². The highest BCUT2D eigenvalue weighted by Gasteiger charge is 2.02. The zero-order chi connectivity index (χ0) is 9.14. The van der Waals surface area contributed by atoms with Gasteiger partial charge in [0.2, 0.25) is 0 Å². The van der Waals surface area contributed by atoms with Crippen LogP contribution in [-0.2, 0) is 4.79 Å². The first-order chi connectivity index (χ1) is 5.63. The zero-order valence-electron chi connectivity index (χ0n) is 6.04. The van der Waals surface area contributed by atoms with E-state index < -0.39 is 0 Å². The van der Waals surface area contributed by atoms with Crippen LogP contribution in [0.1, 0.15) is 5.56 Å². The molecule has 1 aromatic rings. The number of benzene rings is 1. The molecule has 12 heavy (non-hydrogen) atoms. The average molecular weight is 184 g/mol. The highest BCUT2D eigenvalue weighted by Crippen LogP contribution is 2.19. The van der Waals surface area contributed by atoms with Crippen molar-refractivity contribution in [3.05, 3.63) is 28.8 Å². The maximum atomic E-state index is 10.2. The van der Waals surface area contributed by atoms with E-state index in [1.54, 1.807) is 0 Å². The van der Waals surface area contributed by atoms with Gasteiger partial charge in [-0.25, -0.2) is 0 Å². The molecule has 0 amide bonds. The summed E-state index contributed by atoms with van der Waals surface area (Å²) in [5.74, 6) is -0.0518. The summed E-state index contributed by atoms with van der Waals surface area (Å²) < 4.78 is 0. The summed E-state index contributed by atoms with van der Waals surface area (Å²) in [6, 6.07) is 4.09. The molecular weight excluding hydrogens is 178 g/mol. The SMILES string of the molecule is N=C(C=O)c1cc(O)cc(Cl)c1. The lowest BCUT2D eigenvalue weighted by atomic mass is 10.1. The van der Waals surface area contributed by atoms with Gasteiger partial charge in [-0.15, -0.1) is 0 Å². The molecule has 62 valence electrons. The molecule has 0 aliphatic carbocycles. The number of aldehydes is 1. The Morgan fingerprint density at radius 2 is 2.17 bits per heavy atom. The summed E-state index contributed by atoms with van der Waals surface area (Å²) >= 11 is 5.58. The van der Waals surface area contributed by atoms with E-state index in [9.17, 15) is 4.79 Å². The molecule has 0 spiro atoms. The maximum absolute atomic E-state index is 10.2. The van der Waals surface area contributed by atoms with Gasteiger partial charge in [-0.1, -0.05) is 11.6 Å². The van der Waals surface area contributed by atoms with Gasteiger partial charge in [-0.3, -0.25) is 10.2 Å². The fourth-order valence-corrected chi connectivity index (χ4v) is 1.03. The van der Waals surface area contributed by atoms with Crippen molar-refractivity contribution in [3.63, 3.8) is 0 Å². The molecule has 0 bridgehead atoms. The van der Waals surface area contributed by atoms with E-state index in [0.29, 0.717) is 16.9 Å². The van der Waals surface area contributed by atoms with Gasteiger partial charge in [-0.05, 0) is 18.2 Å². The minimum Gasteiger partial charge on any atom is -0.508 e. The van der Waals surface area contributed by atoms with E-state index in [2.05, 4.69) is 0 Å². The molecule has 0 aromatic heterocycles. The number of aromatic hydroxyl groups is 1. The molecule has 0 saturated heterocycles. The van der Waals surface area contributed by atoms with Gasteiger partial charge >= 0.3 is 0 Å². The summed E-state index contributed by atoms with van der Waals surface area (Å²) in [6.45, 7) is 0. The maximum Gasteiger partial charge on any atom is 0.168 e. The Balaban J connectivity index is 3.17. The molecule has 0 atom stereocenters. The third kappa shape index (κ3) is 1.83. The Morgan fingerprint density at radius 1 is 1.50 bits per heavy atom. The Morgan fingerprint density at radius 3 is 2.67 bits per heavy atom. The van der Waals surface area contributed by atoms with Gasteiger partial charge in [-0.2, -0.15) is 0 Å². The number of rotatable bonds is 2. The topological polar surface area (TPSA) is 61.2 Å². The minimum atomic E-state index is -0.201. The van der Waals surface area contributed by atoms with E-state index in [1.165, 1.54) is 18.2 Å². The number of hydrogen-bond donors (Lipinski definition) is 2. The van der Waals surface area contributed by atoms with Crippen LogP contribution in [0.25, 0.3) is 0 Å². The third-order valence-electron chi connectivity index (χ3n) is 1.31. The monoisotopic (exact) mass is 183 g/mol. The van der Waals surface area contributed by atoms with Crippen LogP contribution in [0.2, 0.25) is 5.02 Å². The minimum absolute atomic E-state index is 0.0518. The van der Waals surface area contributed by atoms with Crippen LogP contribution in [-0.4, -0.2) is 17.1 Å². The van der Waals surface area contributed by atoms with Gasteiger partial charge in [0.1, 0.15) is 11.5 Å². The molecule has 0 heterocycles. The lowest BCUT2D eigenvalue weighted by Gasteiger charge is -1.98. The number of nitrogens with one attached hydrogen (secondary N) is 1. The Hall–Kier alpha value is -1.35. The van der Waals surface area contributed by atoms with Crippen molar-refractivity contribution in [1.82, 2.24) is 0 Å². The largest absolute Gasteiger partial charge is 0.508 e. The smallest absolute Gasteiger partial charge is 0.168 e. The van der Waals surface area contributed by atoms with E-state index >= 15 is 0 Å². The number of phenolic OH excluding ortho intramolecular Hbond substituents is 1. The second-order valence-corrected chi connectivity index (χ2v) is 2.67. The molecule has 1 rings (SSSR count). The van der Waals surface area contributed by atoms with Crippen molar-refractivity contribution >= 4 is 23.6 Å². The van der Waals surface area contributed by atoms with Crippen LogP contribution in [0.4, 0.5) is 0 Å². The molecule has 0 unspecified atom stereocenters. The molecule has 4 heteroatoms. The van der Waals surface area contributed by atoms with E-state index in [4.69, 9.17) is 22.1 Å². The Bertz CT molecular complexity index is 316. The third-order valence-corrected chi connectivity index (χ3v) is 1.53. The van der Waals surface area contributed by atoms with Crippen LogP contribution in [0.15, 0.2) is 18.2 Å². The van der Waals surface area contributed by atoms with Gasteiger partial charge in [0, 0.05) is 10.6 Å². The molecule has 0 radical (unpaired) electrons. The fourth-order valence-electron chi connectivity index (χ4n) is 0.798. The lowest BCUT2D eigenvalue weighted by Crippen LogP contribution is -1.98. The number of carbonyl (C=O) groups is 1. The lowest BCUT2D eigenvalue weighted by molar-refractivity contribution is -0.102. The van der Waals surface area contributed by atoms with Gasteiger partial charge in [0.25, 0.3) is 0 Å². The van der Waals surface area contributed by atoms with Crippen LogP contribution >= 0.6 is 11.6 Å². The fraction of sp³-hybridized carbons (Fsp3) is 0. The molecule has 2 N–H and O–H groups in total. The molecule has 3 nitrogen and oxygen atoms in total. The van der Waals surface area contributed by atoms with E-state index in [-0.39, 0.29) is 11.5 Å². The van der Waals surface area contributed by atoms with Crippen LogP contribution in [0.3, 0.4) is 0 Å². The molecular formula is C8H6ClNO2. The molecule has 0 aliphatic rings. The Kier molecular flexibility index (Phi) is 2.45. The summed E-state index contributed by atoms with van der Waals surface area (Å²) in [5, 5.41) is 16.5. The molecule has 0 fully saturated rings. The van der Waals surface area contributed by atoms with E-state index in [0.717, 1.165) is 0 Å². The highest BCUT2D eigenvalue weighted by molar-refractivity contribution is 6.36. The van der Waals surface area contributed by atoms with E-state index in [1.807, 2.05) is 0 Å². The van der Waals surface area contributed by atoms with Crippen molar-refractivity contribution in [2.24, 2.45) is 0 Å². The second kappa shape index (κ2) is 3.36. The zero-order valence-corrected chi connectivity index (χ0v) is 6.80. The van der Waals surface area contributed by atoms with Crippen LogP contribution in [0, 0.1) is 5.41 Å². The van der Waals surface area contributed by atoms with Gasteiger partial charge < -0.3 is 5.11 Å². The van der Waals surface area contributed by atoms with Gasteiger partial charge in [0.15, 0.2) is 6.29 Å². The normalized spacial score (nSPS) is 9.42. The first-order valence-electron chi connectivity index (χ1n) is 3.17. The summed E-state index contributed by atoms with van der Waals surface area (Å²) in [5.41, 5.74) is 0.114. The first-order valence-corrected chi connectivity index (χ1v) is 3.55. The van der Waals surface area contributed by atoms with Crippen LogP contribution in [0.5, 0.6) is 5.75 Å². The number of halogens is 1. The van der Waals surface area contributed by atoms with Gasteiger partial charge in [0.05, 0.1) is 0 Å². The highest BCUT2D eigenvalue weighted by atomic mass is 35.5. The first kappa shape index (κ1) is 8.74. The summed E-state index contributed by atoms with van der Waals surface area (Å²) in [7, 11) is 0. The van der Waals surface area contributed by atoms with Crippen molar-refractivity contribution in [1.29, 1.82) is 5.41 Å². The van der Waals surface area contributed by atoms with Crippen molar-refractivity contribution in [2.75, 3.05) is 0 Å². The summed E-state index contributed by atoms with van der Waals surface area (Å²) in [6.07, 6.45) is 0.394. The molecule has 0 saturated carbocycles. The number of hydrogen-bond acceptors (Lipinski definition) is 3. The Labute approximate surface area is 74.1 Å².